The maximum absolute atomic E-state index is 4.73. The number of hydrogen-bond donors (Lipinski definition) is 1. The fourth-order valence-electron chi connectivity index (χ4n) is 3.31. The minimum Gasteiger partial charge on any atom is -0.256 e. The molecule has 0 spiro atoms. The number of hydrogen-bond acceptors (Lipinski definition) is 5. The van der Waals surface area contributed by atoms with Crippen molar-refractivity contribution < 1.29 is 0 Å². The predicted molar refractivity (Wildman–Crippen MR) is 126 cm³/mol. The molecule has 2 aromatic heterocycles. The number of aromatic nitrogens is 3. The maximum atomic E-state index is 4.73. The van der Waals surface area contributed by atoms with Crippen LogP contribution in [0, 0.1) is 0 Å². The monoisotopic (exact) mass is 453 g/mol. The lowest BCUT2D eigenvalue weighted by Gasteiger charge is -2.09. The van der Waals surface area contributed by atoms with Crippen molar-refractivity contribution in [3.05, 3.63) is 95.1 Å². The molecule has 0 amide bonds. The number of halogens is 1. The SMILES string of the molecule is Brc1ccc2nc(N/N=C/c3ccc4ncccc4c3)nc(-c3ccccc3)c2c1. The molecule has 2 heterocycles. The van der Waals surface area contributed by atoms with E-state index in [2.05, 4.69) is 36.4 Å². The van der Waals surface area contributed by atoms with Gasteiger partial charge in [-0.25, -0.2) is 15.4 Å². The van der Waals surface area contributed by atoms with Gasteiger partial charge < -0.3 is 0 Å². The molecule has 0 aliphatic heterocycles. The second-order valence-electron chi connectivity index (χ2n) is 6.75. The van der Waals surface area contributed by atoms with Crippen molar-refractivity contribution in [3.63, 3.8) is 0 Å². The van der Waals surface area contributed by atoms with Crippen molar-refractivity contribution in [2.45, 2.75) is 0 Å². The van der Waals surface area contributed by atoms with E-state index < -0.39 is 0 Å². The van der Waals surface area contributed by atoms with E-state index in [1.165, 1.54) is 0 Å². The molecule has 0 atom stereocenters. The fourth-order valence-corrected chi connectivity index (χ4v) is 3.67. The first-order valence-electron chi connectivity index (χ1n) is 9.43. The molecule has 0 aliphatic carbocycles. The lowest BCUT2D eigenvalue weighted by atomic mass is 10.1. The highest BCUT2D eigenvalue weighted by molar-refractivity contribution is 9.10. The van der Waals surface area contributed by atoms with Crippen LogP contribution >= 0.6 is 15.9 Å². The van der Waals surface area contributed by atoms with Crippen LogP contribution in [0.4, 0.5) is 5.95 Å². The van der Waals surface area contributed by atoms with Gasteiger partial charge in [0.25, 0.3) is 0 Å². The lowest BCUT2D eigenvalue weighted by Crippen LogP contribution is -2.00. The summed E-state index contributed by atoms with van der Waals surface area (Å²) >= 11 is 3.54. The van der Waals surface area contributed by atoms with Crippen molar-refractivity contribution in [1.82, 2.24) is 15.0 Å². The molecule has 5 nitrogen and oxygen atoms in total. The first kappa shape index (κ1) is 18.4. The lowest BCUT2D eigenvalue weighted by molar-refractivity contribution is 1.16. The zero-order valence-electron chi connectivity index (χ0n) is 15.8. The Morgan fingerprint density at radius 2 is 1.70 bits per heavy atom. The third-order valence-electron chi connectivity index (χ3n) is 4.71. The molecule has 144 valence electrons. The minimum atomic E-state index is 0.447. The predicted octanol–water partition coefficient (Wildman–Crippen LogP) is 6.05. The zero-order chi connectivity index (χ0) is 20.3. The van der Waals surface area contributed by atoms with Gasteiger partial charge in [0.05, 0.1) is 22.9 Å². The minimum absolute atomic E-state index is 0.447. The van der Waals surface area contributed by atoms with Gasteiger partial charge in [-0.15, -0.1) is 0 Å². The first-order chi connectivity index (χ1) is 14.8. The van der Waals surface area contributed by atoms with Gasteiger partial charge in [0, 0.05) is 27.0 Å². The van der Waals surface area contributed by atoms with Crippen LogP contribution in [-0.4, -0.2) is 21.2 Å². The van der Waals surface area contributed by atoms with Gasteiger partial charge >= 0.3 is 0 Å². The molecular weight excluding hydrogens is 438 g/mol. The van der Waals surface area contributed by atoms with Crippen molar-refractivity contribution >= 4 is 49.9 Å². The molecule has 5 rings (SSSR count). The number of pyridine rings is 1. The normalized spacial score (nSPS) is 11.4. The average molecular weight is 454 g/mol. The standard InChI is InChI=1S/C24H16BrN5/c25-19-9-11-22-20(14-19)23(17-5-2-1-3-6-17)29-24(28-22)30-27-15-16-8-10-21-18(13-16)7-4-12-26-21/h1-15H,(H,28,29,30)/b27-15+. The highest BCUT2D eigenvalue weighted by Crippen LogP contribution is 2.29. The Morgan fingerprint density at radius 1 is 0.833 bits per heavy atom. The van der Waals surface area contributed by atoms with Crippen LogP contribution in [0.5, 0.6) is 0 Å². The highest BCUT2D eigenvalue weighted by Gasteiger charge is 2.10. The number of benzene rings is 3. The van der Waals surface area contributed by atoms with Gasteiger partial charge in [-0.3, -0.25) is 4.98 Å². The van der Waals surface area contributed by atoms with Gasteiger partial charge in [-0.2, -0.15) is 5.10 Å². The summed E-state index contributed by atoms with van der Waals surface area (Å²) in [5.74, 6) is 0.447. The van der Waals surface area contributed by atoms with Crippen molar-refractivity contribution in [1.29, 1.82) is 0 Å². The first-order valence-corrected chi connectivity index (χ1v) is 10.2. The molecule has 0 aliphatic rings. The molecule has 5 aromatic rings. The van der Waals surface area contributed by atoms with Gasteiger partial charge in [0.15, 0.2) is 0 Å². The van der Waals surface area contributed by atoms with Crippen molar-refractivity contribution in [2.24, 2.45) is 5.10 Å². The van der Waals surface area contributed by atoms with E-state index in [4.69, 9.17) is 4.98 Å². The number of rotatable bonds is 4. The summed E-state index contributed by atoms with van der Waals surface area (Å²) in [6, 6.07) is 26.0. The second-order valence-corrected chi connectivity index (χ2v) is 7.66. The zero-order valence-corrected chi connectivity index (χ0v) is 17.4. The van der Waals surface area contributed by atoms with Crippen LogP contribution in [0.2, 0.25) is 0 Å². The molecule has 6 heteroatoms. The Bertz CT molecular complexity index is 1380. The van der Waals surface area contributed by atoms with Crippen LogP contribution in [0.15, 0.2) is 94.6 Å². The number of nitrogens with zero attached hydrogens (tertiary/aromatic N) is 4. The molecule has 1 N–H and O–H groups in total. The van der Waals surface area contributed by atoms with Gasteiger partial charge in [-0.1, -0.05) is 58.4 Å². The molecule has 30 heavy (non-hydrogen) atoms. The Labute approximate surface area is 181 Å². The van der Waals surface area contributed by atoms with Crippen LogP contribution in [0.1, 0.15) is 5.56 Å². The second kappa shape index (κ2) is 8.00. The number of hydrazone groups is 1. The number of anilines is 1. The number of fused-ring (bicyclic) bond motifs is 2. The van der Waals surface area contributed by atoms with E-state index >= 15 is 0 Å². The largest absolute Gasteiger partial charge is 0.256 e. The molecule has 0 bridgehead atoms. The van der Waals surface area contributed by atoms with E-state index in [0.29, 0.717) is 5.95 Å². The smallest absolute Gasteiger partial charge is 0.244 e. The average Bonchev–Trinajstić information content (AvgIpc) is 2.79. The molecular formula is C24H16BrN5. The molecule has 3 aromatic carbocycles. The van der Waals surface area contributed by atoms with E-state index in [0.717, 1.165) is 43.1 Å². The maximum Gasteiger partial charge on any atom is 0.244 e. The summed E-state index contributed by atoms with van der Waals surface area (Å²) in [5.41, 5.74) is 7.64. The van der Waals surface area contributed by atoms with Gasteiger partial charge in [-0.05, 0) is 42.0 Å². The summed E-state index contributed by atoms with van der Waals surface area (Å²) in [6.07, 6.45) is 3.54. The van der Waals surface area contributed by atoms with Crippen LogP contribution in [-0.2, 0) is 0 Å². The van der Waals surface area contributed by atoms with E-state index in [1.54, 1.807) is 12.4 Å². The molecule has 0 radical (unpaired) electrons. The van der Waals surface area contributed by atoms with E-state index in [9.17, 15) is 0 Å². The summed E-state index contributed by atoms with van der Waals surface area (Å²) in [4.78, 5) is 13.7. The van der Waals surface area contributed by atoms with E-state index in [-0.39, 0.29) is 0 Å². The molecule has 0 saturated heterocycles. The summed E-state index contributed by atoms with van der Waals surface area (Å²) in [6.45, 7) is 0. The quantitative estimate of drug-likeness (QED) is 0.265. The summed E-state index contributed by atoms with van der Waals surface area (Å²) in [7, 11) is 0. The molecule has 0 fully saturated rings. The Kier molecular flexibility index (Phi) is 4.91. The van der Waals surface area contributed by atoms with Crippen LogP contribution in [0.25, 0.3) is 33.1 Å². The van der Waals surface area contributed by atoms with Crippen molar-refractivity contribution in [3.8, 4) is 11.3 Å². The van der Waals surface area contributed by atoms with Gasteiger partial charge in [0.1, 0.15) is 0 Å². The third kappa shape index (κ3) is 3.77. The summed E-state index contributed by atoms with van der Waals surface area (Å²) in [5, 5.41) is 6.40. The Hall–Kier alpha value is -3.64. The van der Waals surface area contributed by atoms with Gasteiger partial charge in [0.2, 0.25) is 5.95 Å². The Morgan fingerprint density at radius 3 is 2.60 bits per heavy atom. The van der Waals surface area contributed by atoms with E-state index in [1.807, 2.05) is 78.9 Å². The Balaban J connectivity index is 1.49. The van der Waals surface area contributed by atoms with Crippen LogP contribution < -0.4 is 5.43 Å². The number of nitrogens with one attached hydrogen (secondary N) is 1. The third-order valence-corrected chi connectivity index (χ3v) is 5.20. The van der Waals surface area contributed by atoms with Crippen LogP contribution in [0.3, 0.4) is 0 Å². The fraction of sp³-hybridized carbons (Fsp3) is 0. The molecule has 0 unspecified atom stereocenters. The highest BCUT2D eigenvalue weighted by atomic mass is 79.9. The van der Waals surface area contributed by atoms with Crippen molar-refractivity contribution in [2.75, 3.05) is 5.43 Å². The summed E-state index contributed by atoms with van der Waals surface area (Å²) < 4.78 is 0.986. The molecule has 0 saturated carbocycles. The topological polar surface area (TPSA) is 63.1 Å².